The molecular weight excluding hydrogens is 264 g/mol. The van der Waals surface area contributed by atoms with E-state index in [4.69, 9.17) is 10.5 Å². The predicted molar refractivity (Wildman–Crippen MR) is 89.7 cm³/mol. The lowest BCUT2D eigenvalue weighted by atomic mass is 10.2. The summed E-state index contributed by atoms with van der Waals surface area (Å²) in [5, 5.41) is 3.15. The highest BCUT2D eigenvalue weighted by Gasteiger charge is 2.02. The number of aliphatic imine (C=N–C) groups is 1. The van der Waals surface area contributed by atoms with Crippen LogP contribution in [0.5, 0.6) is 0 Å². The highest BCUT2D eigenvalue weighted by atomic mass is 16.5. The number of methoxy groups -OCH3 is 1. The summed E-state index contributed by atoms with van der Waals surface area (Å²) in [7, 11) is 1.68. The second-order valence-corrected chi connectivity index (χ2v) is 4.86. The van der Waals surface area contributed by atoms with Crippen molar-refractivity contribution in [2.75, 3.05) is 38.6 Å². The van der Waals surface area contributed by atoms with E-state index in [2.05, 4.69) is 29.1 Å². The Morgan fingerprint density at radius 2 is 2.00 bits per heavy atom. The van der Waals surface area contributed by atoms with E-state index in [0.717, 1.165) is 43.9 Å². The molecule has 0 amide bonds. The average Bonchev–Trinajstić information content (AvgIpc) is 2.50. The van der Waals surface area contributed by atoms with Gasteiger partial charge in [-0.1, -0.05) is 32.0 Å². The second kappa shape index (κ2) is 10.2. The molecule has 0 aliphatic carbocycles. The summed E-state index contributed by atoms with van der Waals surface area (Å²) in [5.41, 5.74) is 7.96. The van der Waals surface area contributed by atoms with E-state index >= 15 is 0 Å². The Balaban J connectivity index is 2.45. The topological polar surface area (TPSA) is 62.9 Å². The van der Waals surface area contributed by atoms with Gasteiger partial charge in [-0.3, -0.25) is 4.99 Å². The lowest BCUT2D eigenvalue weighted by molar-refractivity contribution is 0.185. The Kier molecular flexibility index (Phi) is 8.47. The molecule has 1 aromatic carbocycles. The Morgan fingerprint density at radius 3 is 2.67 bits per heavy atom. The number of ether oxygens (including phenoxy) is 1. The molecule has 0 unspecified atom stereocenters. The molecule has 118 valence electrons. The fraction of sp³-hybridized carbons (Fsp3) is 0.562. The molecule has 0 aliphatic rings. The van der Waals surface area contributed by atoms with E-state index in [1.807, 2.05) is 24.3 Å². The molecule has 21 heavy (non-hydrogen) atoms. The van der Waals surface area contributed by atoms with Crippen molar-refractivity contribution in [1.29, 1.82) is 0 Å². The molecule has 3 N–H and O–H groups in total. The number of nitrogens with one attached hydrogen (secondary N) is 1. The Bertz CT molecular complexity index is 430. The number of hydrogen-bond acceptors (Lipinski definition) is 3. The summed E-state index contributed by atoms with van der Waals surface area (Å²) in [6.07, 6.45) is 1.02. The van der Waals surface area contributed by atoms with Crippen LogP contribution in [0.4, 0.5) is 5.69 Å². The first-order valence-corrected chi connectivity index (χ1v) is 7.57. The first-order valence-electron chi connectivity index (χ1n) is 7.57. The maximum atomic E-state index is 5.94. The van der Waals surface area contributed by atoms with Gasteiger partial charge >= 0.3 is 0 Å². The summed E-state index contributed by atoms with van der Waals surface area (Å²) in [4.78, 5) is 6.76. The largest absolute Gasteiger partial charge is 0.380 e. The van der Waals surface area contributed by atoms with E-state index in [9.17, 15) is 0 Å². The van der Waals surface area contributed by atoms with Crippen LogP contribution in [0.1, 0.15) is 25.8 Å². The zero-order valence-electron chi connectivity index (χ0n) is 13.4. The van der Waals surface area contributed by atoms with Crippen LogP contribution in [0.25, 0.3) is 0 Å². The normalized spacial score (nSPS) is 11.9. The van der Waals surface area contributed by atoms with E-state index in [1.54, 1.807) is 7.11 Å². The minimum atomic E-state index is 0.457. The Morgan fingerprint density at radius 1 is 1.29 bits per heavy atom. The van der Waals surface area contributed by atoms with Crippen molar-refractivity contribution in [3.05, 3.63) is 29.8 Å². The minimum absolute atomic E-state index is 0.457. The van der Waals surface area contributed by atoms with Crippen LogP contribution in [0.3, 0.4) is 0 Å². The Labute approximate surface area is 128 Å². The molecule has 0 aliphatic heterocycles. The standard InChI is InChI=1S/C16H28N4O/c1-4-20(5-2)12-8-11-18-16(17)19-15-10-7-6-9-14(15)13-21-3/h6-7,9-10H,4-5,8,11-13H2,1-3H3,(H3,17,18,19). The van der Waals surface area contributed by atoms with E-state index in [1.165, 1.54) is 0 Å². The number of guanidine groups is 1. The molecule has 0 heterocycles. The number of anilines is 1. The maximum Gasteiger partial charge on any atom is 0.193 e. The molecule has 0 saturated heterocycles. The number of para-hydroxylation sites is 1. The van der Waals surface area contributed by atoms with Crippen LogP contribution in [-0.4, -0.2) is 44.1 Å². The number of benzene rings is 1. The summed E-state index contributed by atoms with van der Waals surface area (Å²) < 4.78 is 5.17. The average molecular weight is 292 g/mol. The molecule has 0 spiro atoms. The summed E-state index contributed by atoms with van der Waals surface area (Å²) in [5.74, 6) is 0.457. The molecular formula is C16H28N4O. The van der Waals surface area contributed by atoms with Crippen molar-refractivity contribution in [3.8, 4) is 0 Å². The molecule has 0 fully saturated rings. The lowest BCUT2D eigenvalue weighted by Crippen LogP contribution is -2.26. The molecule has 0 saturated carbocycles. The fourth-order valence-electron chi connectivity index (χ4n) is 2.13. The maximum absolute atomic E-state index is 5.94. The van der Waals surface area contributed by atoms with Crippen molar-refractivity contribution < 1.29 is 4.74 Å². The van der Waals surface area contributed by atoms with Crippen molar-refractivity contribution in [2.45, 2.75) is 26.9 Å². The molecule has 5 nitrogen and oxygen atoms in total. The monoisotopic (exact) mass is 292 g/mol. The van der Waals surface area contributed by atoms with E-state index in [0.29, 0.717) is 12.6 Å². The van der Waals surface area contributed by atoms with Crippen molar-refractivity contribution in [3.63, 3.8) is 0 Å². The number of hydrogen-bond donors (Lipinski definition) is 2. The third kappa shape index (κ3) is 6.60. The number of nitrogens with two attached hydrogens (primary N) is 1. The van der Waals surface area contributed by atoms with Gasteiger partial charge in [0.25, 0.3) is 0 Å². The van der Waals surface area contributed by atoms with Gasteiger partial charge in [0.1, 0.15) is 0 Å². The molecule has 0 radical (unpaired) electrons. The Hall–Kier alpha value is -1.59. The smallest absolute Gasteiger partial charge is 0.193 e. The van der Waals surface area contributed by atoms with Gasteiger partial charge in [-0.25, -0.2) is 0 Å². The number of rotatable bonds is 9. The molecule has 1 aromatic rings. The molecule has 0 atom stereocenters. The van der Waals surface area contributed by atoms with Crippen LogP contribution in [0.2, 0.25) is 0 Å². The van der Waals surface area contributed by atoms with Gasteiger partial charge in [-0.2, -0.15) is 0 Å². The van der Waals surface area contributed by atoms with Crippen LogP contribution in [0.15, 0.2) is 29.3 Å². The molecule has 0 aromatic heterocycles. The van der Waals surface area contributed by atoms with Gasteiger partial charge in [0.15, 0.2) is 5.96 Å². The van der Waals surface area contributed by atoms with Gasteiger partial charge in [-0.15, -0.1) is 0 Å². The first kappa shape index (κ1) is 17.5. The lowest BCUT2D eigenvalue weighted by Gasteiger charge is -2.17. The van der Waals surface area contributed by atoms with Gasteiger partial charge in [-0.05, 0) is 32.1 Å². The third-order valence-corrected chi connectivity index (χ3v) is 3.39. The predicted octanol–water partition coefficient (Wildman–Crippen LogP) is 2.29. The first-order chi connectivity index (χ1) is 10.2. The van der Waals surface area contributed by atoms with Crippen LogP contribution < -0.4 is 11.1 Å². The highest BCUT2D eigenvalue weighted by molar-refractivity contribution is 5.92. The van der Waals surface area contributed by atoms with Gasteiger partial charge in [0.2, 0.25) is 0 Å². The minimum Gasteiger partial charge on any atom is -0.380 e. The zero-order valence-corrected chi connectivity index (χ0v) is 13.4. The summed E-state index contributed by atoms with van der Waals surface area (Å²) in [6, 6.07) is 7.94. The second-order valence-electron chi connectivity index (χ2n) is 4.86. The zero-order chi connectivity index (χ0) is 15.5. The van der Waals surface area contributed by atoms with Crippen molar-refractivity contribution in [2.24, 2.45) is 10.7 Å². The van der Waals surface area contributed by atoms with Crippen LogP contribution >= 0.6 is 0 Å². The van der Waals surface area contributed by atoms with Gasteiger partial charge < -0.3 is 20.7 Å². The summed E-state index contributed by atoms with van der Waals surface area (Å²) in [6.45, 7) is 8.87. The van der Waals surface area contributed by atoms with Crippen molar-refractivity contribution >= 4 is 11.6 Å². The van der Waals surface area contributed by atoms with Crippen molar-refractivity contribution in [1.82, 2.24) is 4.90 Å². The number of nitrogens with zero attached hydrogens (tertiary/aromatic N) is 2. The summed E-state index contributed by atoms with van der Waals surface area (Å²) >= 11 is 0. The molecule has 0 bridgehead atoms. The molecule has 1 rings (SSSR count). The van der Waals surface area contributed by atoms with E-state index in [-0.39, 0.29) is 0 Å². The van der Waals surface area contributed by atoms with Gasteiger partial charge in [0, 0.05) is 24.9 Å². The third-order valence-electron chi connectivity index (χ3n) is 3.39. The fourth-order valence-corrected chi connectivity index (χ4v) is 2.13. The van der Waals surface area contributed by atoms with Crippen LogP contribution in [0, 0.1) is 0 Å². The quantitative estimate of drug-likeness (QED) is 0.416. The van der Waals surface area contributed by atoms with Crippen LogP contribution in [-0.2, 0) is 11.3 Å². The van der Waals surface area contributed by atoms with Gasteiger partial charge in [0.05, 0.1) is 6.61 Å². The SMILES string of the molecule is CCN(CC)CCCN=C(N)Nc1ccccc1COC. The highest BCUT2D eigenvalue weighted by Crippen LogP contribution is 2.15. The van der Waals surface area contributed by atoms with E-state index < -0.39 is 0 Å². The molecule has 5 heteroatoms.